The van der Waals surface area contributed by atoms with E-state index in [9.17, 15) is 21.0 Å². The van der Waals surface area contributed by atoms with Gasteiger partial charge in [0.1, 0.15) is 5.75 Å². The largest absolute Gasteiger partial charge is 0.497 e. The first-order valence-corrected chi connectivity index (χ1v) is 11.2. The Morgan fingerprint density at radius 2 is 1.24 bits per heavy atom. The van der Waals surface area contributed by atoms with E-state index in [2.05, 4.69) is 11.0 Å². The normalized spacial score (nSPS) is 10.4. The van der Waals surface area contributed by atoms with Gasteiger partial charge in [0.2, 0.25) is 0 Å². The third-order valence-corrected chi connectivity index (χ3v) is 5.71. The minimum atomic E-state index is 0.106. The van der Waals surface area contributed by atoms with E-state index in [0.717, 1.165) is 28.4 Å². The van der Waals surface area contributed by atoms with Gasteiger partial charge in [0.15, 0.2) is 0 Å². The number of allylic oxidation sites excluding steroid dienone is 1. The summed E-state index contributed by atoms with van der Waals surface area (Å²) in [4.78, 5) is 2.10. The first-order valence-electron chi connectivity index (χ1n) is 11.2. The lowest BCUT2D eigenvalue weighted by Gasteiger charge is -2.25. The van der Waals surface area contributed by atoms with Gasteiger partial charge in [-0.3, -0.25) is 0 Å². The van der Waals surface area contributed by atoms with Gasteiger partial charge >= 0.3 is 0 Å². The lowest BCUT2D eigenvalue weighted by Crippen LogP contribution is -2.09. The maximum Gasteiger partial charge on any atom is 0.119 e. The average molecular weight is 478 g/mol. The van der Waals surface area contributed by atoms with Crippen molar-refractivity contribution in [1.82, 2.24) is 0 Å². The fourth-order valence-electron chi connectivity index (χ4n) is 3.98. The Morgan fingerprint density at radius 1 is 0.703 bits per heavy atom. The Morgan fingerprint density at radius 3 is 1.73 bits per heavy atom. The van der Waals surface area contributed by atoms with Crippen LogP contribution in [-0.2, 0) is 0 Å². The first-order chi connectivity index (χ1) is 18.1. The molecule has 0 aliphatic carbocycles. The standard InChI is InChI=1S/C31H19N5O/c1-37-30-13-11-29(12-14-30)36(27-5-3-2-4-6-27)28-9-7-22(8-10-28)15-24(19-33)31-25(20-34)16-23(18-32)17-26(31)21-35/h2-17H,1H3/b24-15+. The van der Waals surface area contributed by atoms with E-state index >= 15 is 0 Å². The predicted octanol–water partition coefficient (Wildman–Crippen LogP) is 6.84. The number of anilines is 3. The molecule has 0 aromatic heterocycles. The number of nitrogens with zero attached hydrogens (tertiary/aromatic N) is 5. The number of ether oxygens (including phenoxy) is 1. The van der Waals surface area contributed by atoms with Crippen LogP contribution in [0.4, 0.5) is 17.1 Å². The number of hydrogen-bond acceptors (Lipinski definition) is 6. The van der Waals surface area contributed by atoms with Crippen molar-refractivity contribution in [2.24, 2.45) is 0 Å². The number of para-hydroxylation sites is 1. The van der Waals surface area contributed by atoms with Gasteiger partial charge in [0.25, 0.3) is 0 Å². The molecule has 6 heteroatoms. The number of hydrogen-bond donors (Lipinski definition) is 0. The molecule has 4 aromatic carbocycles. The molecule has 37 heavy (non-hydrogen) atoms. The molecule has 4 aromatic rings. The van der Waals surface area contributed by atoms with Gasteiger partial charge in [-0.25, -0.2) is 0 Å². The van der Waals surface area contributed by atoms with E-state index in [1.165, 1.54) is 12.1 Å². The molecule has 174 valence electrons. The summed E-state index contributed by atoms with van der Waals surface area (Å²) in [5, 5.41) is 38.3. The van der Waals surface area contributed by atoms with Crippen molar-refractivity contribution in [3.8, 4) is 30.0 Å². The zero-order valence-electron chi connectivity index (χ0n) is 19.9. The van der Waals surface area contributed by atoms with Gasteiger partial charge < -0.3 is 9.64 Å². The molecule has 0 unspecified atom stereocenters. The molecule has 0 saturated heterocycles. The molecule has 0 atom stereocenters. The summed E-state index contributed by atoms with van der Waals surface area (Å²) in [5.41, 5.74) is 4.34. The van der Waals surface area contributed by atoms with Crippen molar-refractivity contribution in [2.75, 3.05) is 12.0 Å². The Hall–Kier alpha value is -5.82. The lowest BCUT2D eigenvalue weighted by molar-refractivity contribution is 0.415. The summed E-state index contributed by atoms with van der Waals surface area (Å²) in [6.07, 6.45) is 1.63. The molecule has 0 spiro atoms. The Kier molecular flexibility index (Phi) is 7.27. The van der Waals surface area contributed by atoms with Crippen LogP contribution in [0.2, 0.25) is 0 Å². The second kappa shape index (κ2) is 11.1. The van der Waals surface area contributed by atoms with Crippen molar-refractivity contribution in [1.29, 1.82) is 21.0 Å². The highest BCUT2D eigenvalue weighted by Gasteiger charge is 2.16. The van der Waals surface area contributed by atoms with Crippen LogP contribution in [0.1, 0.15) is 27.8 Å². The molecule has 0 radical (unpaired) electrons. The Bertz CT molecular complexity index is 1590. The number of rotatable bonds is 6. The van der Waals surface area contributed by atoms with Crippen LogP contribution in [0.25, 0.3) is 11.6 Å². The third-order valence-electron chi connectivity index (χ3n) is 5.71. The smallest absolute Gasteiger partial charge is 0.119 e. The lowest BCUT2D eigenvalue weighted by atomic mass is 9.92. The second-order valence-electron chi connectivity index (χ2n) is 7.91. The van der Waals surface area contributed by atoms with Gasteiger partial charge in [-0.1, -0.05) is 30.3 Å². The van der Waals surface area contributed by atoms with E-state index < -0.39 is 0 Å². The highest BCUT2D eigenvalue weighted by atomic mass is 16.5. The number of nitriles is 4. The average Bonchev–Trinajstić information content (AvgIpc) is 2.97. The van der Waals surface area contributed by atoms with E-state index in [0.29, 0.717) is 0 Å². The summed E-state index contributed by atoms with van der Waals surface area (Å²) in [6, 6.07) is 36.1. The zero-order valence-corrected chi connectivity index (χ0v) is 19.9. The third kappa shape index (κ3) is 5.16. The van der Waals surface area contributed by atoms with Crippen LogP contribution in [-0.4, -0.2) is 7.11 Å². The van der Waals surface area contributed by atoms with Crippen LogP contribution < -0.4 is 9.64 Å². The summed E-state index contributed by atoms with van der Waals surface area (Å²) < 4.78 is 5.30. The molecule has 0 bridgehead atoms. The highest BCUT2D eigenvalue weighted by Crippen LogP contribution is 2.35. The summed E-state index contributed by atoms with van der Waals surface area (Å²) in [6.45, 7) is 0. The summed E-state index contributed by atoms with van der Waals surface area (Å²) in [7, 11) is 1.63. The topological polar surface area (TPSA) is 108 Å². The minimum absolute atomic E-state index is 0.106. The predicted molar refractivity (Wildman–Crippen MR) is 142 cm³/mol. The fourth-order valence-corrected chi connectivity index (χ4v) is 3.98. The van der Waals surface area contributed by atoms with Gasteiger partial charge in [0.05, 0.1) is 53.7 Å². The second-order valence-corrected chi connectivity index (χ2v) is 7.91. The highest BCUT2D eigenvalue weighted by molar-refractivity contribution is 5.94. The molecular weight excluding hydrogens is 458 g/mol. The Labute approximate surface area is 215 Å². The molecular formula is C31H19N5O. The van der Waals surface area contributed by atoms with Crippen LogP contribution in [0.3, 0.4) is 0 Å². The fraction of sp³-hybridized carbons (Fsp3) is 0.0323. The molecule has 0 aliphatic rings. The van der Waals surface area contributed by atoms with E-state index in [1.807, 2.05) is 97.1 Å². The van der Waals surface area contributed by atoms with Crippen LogP contribution in [0.5, 0.6) is 5.75 Å². The zero-order chi connectivity index (χ0) is 26.2. The summed E-state index contributed by atoms with van der Waals surface area (Å²) in [5.74, 6) is 0.762. The molecule has 6 nitrogen and oxygen atoms in total. The van der Waals surface area contributed by atoms with E-state index in [4.69, 9.17) is 4.74 Å². The molecule has 0 N–H and O–H groups in total. The summed E-state index contributed by atoms with van der Waals surface area (Å²) >= 11 is 0. The van der Waals surface area contributed by atoms with Gasteiger partial charge in [-0.2, -0.15) is 21.0 Å². The van der Waals surface area contributed by atoms with Crippen LogP contribution >= 0.6 is 0 Å². The number of benzene rings is 4. The van der Waals surface area contributed by atoms with Crippen molar-refractivity contribution in [2.45, 2.75) is 0 Å². The van der Waals surface area contributed by atoms with Gasteiger partial charge in [0, 0.05) is 22.6 Å². The monoisotopic (exact) mass is 477 g/mol. The van der Waals surface area contributed by atoms with Crippen LogP contribution in [0.15, 0.2) is 91.0 Å². The van der Waals surface area contributed by atoms with Crippen molar-refractivity contribution in [3.63, 3.8) is 0 Å². The quantitative estimate of drug-likeness (QED) is 0.222. The number of methoxy groups -OCH3 is 1. The molecule has 0 fully saturated rings. The minimum Gasteiger partial charge on any atom is -0.497 e. The maximum absolute atomic E-state index is 9.87. The first kappa shape index (κ1) is 24.3. The molecule has 4 rings (SSSR count). The van der Waals surface area contributed by atoms with Crippen molar-refractivity contribution >= 4 is 28.7 Å². The Balaban J connectivity index is 1.76. The van der Waals surface area contributed by atoms with Crippen molar-refractivity contribution in [3.05, 3.63) is 119 Å². The SMILES string of the molecule is COc1ccc(N(c2ccccc2)c2ccc(/C=C(\C#N)c3c(C#N)cc(C#N)cc3C#N)cc2)cc1. The molecule has 0 heterocycles. The van der Waals surface area contributed by atoms with E-state index in [1.54, 1.807) is 13.2 Å². The van der Waals surface area contributed by atoms with Crippen molar-refractivity contribution < 1.29 is 4.74 Å². The molecule has 0 aliphatic heterocycles. The van der Waals surface area contributed by atoms with Gasteiger partial charge in [-0.05, 0) is 72.3 Å². The van der Waals surface area contributed by atoms with Gasteiger partial charge in [-0.15, -0.1) is 0 Å². The maximum atomic E-state index is 9.87. The van der Waals surface area contributed by atoms with E-state index in [-0.39, 0.29) is 27.8 Å². The molecule has 0 amide bonds. The molecule has 0 saturated carbocycles. The van der Waals surface area contributed by atoms with Crippen LogP contribution in [0, 0.1) is 45.3 Å².